The van der Waals surface area contributed by atoms with E-state index in [9.17, 15) is 8.42 Å². The van der Waals surface area contributed by atoms with Crippen LogP contribution in [0.2, 0.25) is 0 Å². The molecule has 1 fully saturated rings. The molecule has 2 rings (SSSR count). The number of nitrogens with two attached hydrogens (primary N) is 1. The van der Waals surface area contributed by atoms with Gasteiger partial charge in [0.1, 0.15) is 5.82 Å². The summed E-state index contributed by atoms with van der Waals surface area (Å²) in [5, 5.41) is 12.5. The zero-order valence-electron chi connectivity index (χ0n) is 9.83. The van der Waals surface area contributed by atoms with E-state index in [1.807, 2.05) is 13.8 Å². The molecule has 1 aromatic heterocycles. The Morgan fingerprint density at radius 1 is 1.53 bits per heavy atom. The van der Waals surface area contributed by atoms with E-state index in [2.05, 4.69) is 10.2 Å². The Balaban J connectivity index is 2.39. The monoisotopic (exact) mass is 260 g/mol. The first-order chi connectivity index (χ1) is 7.93. The third kappa shape index (κ3) is 2.33. The quantitative estimate of drug-likeness (QED) is 0.813. The van der Waals surface area contributed by atoms with E-state index in [4.69, 9.17) is 9.88 Å². The second-order valence-electron chi connectivity index (χ2n) is 4.21. The number of primary sulfonamides is 1. The second kappa shape index (κ2) is 4.35. The molecule has 2 atom stereocenters. The van der Waals surface area contributed by atoms with Crippen molar-refractivity contribution in [2.24, 2.45) is 5.14 Å². The summed E-state index contributed by atoms with van der Waals surface area (Å²) in [5.41, 5.74) is 0. The van der Waals surface area contributed by atoms with E-state index in [1.165, 1.54) is 0 Å². The van der Waals surface area contributed by atoms with Gasteiger partial charge < -0.3 is 9.30 Å². The lowest BCUT2D eigenvalue weighted by Crippen LogP contribution is -2.20. The molecule has 0 aromatic carbocycles. The molecule has 1 aromatic rings. The molecule has 1 aliphatic rings. The summed E-state index contributed by atoms with van der Waals surface area (Å²) in [6, 6.07) is 0. The minimum absolute atomic E-state index is 0.0907. The van der Waals surface area contributed by atoms with Crippen LogP contribution in [-0.4, -0.2) is 35.9 Å². The van der Waals surface area contributed by atoms with Gasteiger partial charge in [-0.15, -0.1) is 10.2 Å². The third-order valence-electron chi connectivity index (χ3n) is 2.88. The van der Waals surface area contributed by atoms with Gasteiger partial charge in [-0.05, 0) is 20.3 Å². The molecule has 0 saturated carbocycles. The van der Waals surface area contributed by atoms with E-state index in [0.717, 1.165) is 6.42 Å². The predicted octanol–water partition coefficient (Wildman–Crippen LogP) is -0.162. The van der Waals surface area contributed by atoms with Gasteiger partial charge in [0.15, 0.2) is 0 Å². The summed E-state index contributed by atoms with van der Waals surface area (Å²) in [5.74, 6) is 0.730. The first-order valence-electron chi connectivity index (χ1n) is 5.51. The largest absolute Gasteiger partial charge is 0.378 e. The molecule has 2 N–H and O–H groups in total. The maximum Gasteiger partial charge on any atom is 0.273 e. The van der Waals surface area contributed by atoms with Crippen LogP contribution in [0.25, 0.3) is 0 Å². The Labute approximate surface area is 100 Å². The summed E-state index contributed by atoms with van der Waals surface area (Å²) in [4.78, 5) is 0. The number of ether oxygens (including phenoxy) is 1. The zero-order chi connectivity index (χ0) is 12.6. The van der Waals surface area contributed by atoms with Crippen LogP contribution in [0.4, 0.5) is 0 Å². The predicted molar refractivity (Wildman–Crippen MR) is 59.8 cm³/mol. The molecular formula is C9H16N4O3S. The van der Waals surface area contributed by atoms with Gasteiger partial charge in [-0.25, -0.2) is 13.6 Å². The Morgan fingerprint density at radius 2 is 2.24 bits per heavy atom. The molecule has 0 radical (unpaired) electrons. The molecule has 2 heterocycles. The Hall–Kier alpha value is -0.990. The topological polar surface area (TPSA) is 100 Å². The molecule has 0 bridgehead atoms. The van der Waals surface area contributed by atoms with Crippen molar-refractivity contribution in [1.29, 1.82) is 0 Å². The molecule has 0 aliphatic carbocycles. The van der Waals surface area contributed by atoms with Crippen molar-refractivity contribution in [3.63, 3.8) is 0 Å². The van der Waals surface area contributed by atoms with Gasteiger partial charge in [-0.1, -0.05) is 0 Å². The average Bonchev–Trinajstić information content (AvgIpc) is 2.81. The molecule has 2 unspecified atom stereocenters. The lowest BCUT2D eigenvalue weighted by atomic mass is 10.1. The van der Waals surface area contributed by atoms with Gasteiger partial charge in [0.2, 0.25) is 0 Å². The molecule has 1 aliphatic heterocycles. The van der Waals surface area contributed by atoms with Crippen molar-refractivity contribution in [2.75, 3.05) is 6.61 Å². The standard InChI is InChI=1S/C9H16N4O3S/c1-3-13-8(7-4-6(2)16-5-7)11-12-9(13)17(10,14)15/h6-7H,3-5H2,1-2H3,(H2,10,14,15). The van der Waals surface area contributed by atoms with Crippen molar-refractivity contribution in [3.05, 3.63) is 5.82 Å². The van der Waals surface area contributed by atoms with Crippen LogP contribution in [0.15, 0.2) is 5.16 Å². The van der Waals surface area contributed by atoms with Crippen molar-refractivity contribution in [2.45, 2.75) is 44.0 Å². The van der Waals surface area contributed by atoms with Gasteiger partial charge >= 0.3 is 0 Å². The molecule has 8 heteroatoms. The summed E-state index contributed by atoms with van der Waals surface area (Å²) < 4.78 is 29.7. The Bertz CT molecular complexity index is 510. The summed E-state index contributed by atoms with van der Waals surface area (Å²) in [6.45, 7) is 4.83. The van der Waals surface area contributed by atoms with Crippen LogP contribution in [0.5, 0.6) is 0 Å². The highest BCUT2D eigenvalue weighted by atomic mass is 32.2. The van der Waals surface area contributed by atoms with Gasteiger partial charge in [0.25, 0.3) is 15.2 Å². The summed E-state index contributed by atoms with van der Waals surface area (Å²) in [6.07, 6.45) is 0.989. The fourth-order valence-electron chi connectivity index (χ4n) is 2.11. The maximum absolute atomic E-state index is 11.3. The van der Waals surface area contributed by atoms with Gasteiger partial charge in [-0.3, -0.25) is 0 Å². The van der Waals surface area contributed by atoms with Crippen molar-refractivity contribution < 1.29 is 13.2 Å². The van der Waals surface area contributed by atoms with Gasteiger partial charge in [0, 0.05) is 12.5 Å². The highest BCUT2D eigenvalue weighted by molar-refractivity contribution is 7.89. The van der Waals surface area contributed by atoms with Crippen molar-refractivity contribution in [1.82, 2.24) is 14.8 Å². The maximum atomic E-state index is 11.3. The smallest absolute Gasteiger partial charge is 0.273 e. The summed E-state index contributed by atoms with van der Waals surface area (Å²) in [7, 11) is -3.82. The normalized spacial score (nSPS) is 25.4. The number of rotatable bonds is 3. The zero-order valence-corrected chi connectivity index (χ0v) is 10.6. The Morgan fingerprint density at radius 3 is 2.71 bits per heavy atom. The molecule has 7 nitrogen and oxygen atoms in total. The van der Waals surface area contributed by atoms with Crippen molar-refractivity contribution in [3.8, 4) is 0 Å². The minimum atomic E-state index is -3.82. The molecule has 96 valence electrons. The first kappa shape index (κ1) is 12.5. The van der Waals surface area contributed by atoms with E-state index in [1.54, 1.807) is 4.57 Å². The van der Waals surface area contributed by atoms with Crippen LogP contribution in [0.1, 0.15) is 32.0 Å². The fourth-order valence-corrected chi connectivity index (χ4v) is 2.79. The minimum Gasteiger partial charge on any atom is -0.378 e. The Kier molecular flexibility index (Phi) is 3.19. The highest BCUT2D eigenvalue weighted by Gasteiger charge is 2.30. The third-order valence-corrected chi connectivity index (χ3v) is 3.69. The average molecular weight is 260 g/mol. The van der Waals surface area contributed by atoms with Crippen LogP contribution in [0, 0.1) is 0 Å². The molecule has 0 spiro atoms. The van der Waals surface area contributed by atoms with E-state index in [0.29, 0.717) is 19.0 Å². The van der Waals surface area contributed by atoms with Gasteiger partial charge in [0.05, 0.1) is 12.7 Å². The number of sulfonamides is 1. The molecule has 0 amide bonds. The lowest BCUT2D eigenvalue weighted by molar-refractivity contribution is 0.123. The molecule has 1 saturated heterocycles. The van der Waals surface area contributed by atoms with Crippen LogP contribution >= 0.6 is 0 Å². The highest BCUT2D eigenvalue weighted by Crippen LogP contribution is 2.28. The van der Waals surface area contributed by atoms with Gasteiger partial charge in [-0.2, -0.15) is 0 Å². The SMILES string of the molecule is CCn1c(C2COC(C)C2)nnc1S(N)(=O)=O. The number of hydrogen-bond donors (Lipinski definition) is 1. The van der Waals surface area contributed by atoms with E-state index >= 15 is 0 Å². The van der Waals surface area contributed by atoms with Crippen molar-refractivity contribution >= 4 is 10.0 Å². The second-order valence-corrected chi connectivity index (χ2v) is 5.66. The first-order valence-corrected chi connectivity index (χ1v) is 7.05. The number of hydrogen-bond acceptors (Lipinski definition) is 5. The van der Waals surface area contributed by atoms with Crippen LogP contribution in [0.3, 0.4) is 0 Å². The van der Waals surface area contributed by atoms with Crippen LogP contribution < -0.4 is 5.14 Å². The van der Waals surface area contributed by atoms with E-state index in [-0.39, 0.29) is 17.2 Å². The number of nitrogens with zero attached hydrogens (tertiary/aromatic N) is 3. The lowest BCUT2D eigenvalue weighted by Gasteiger charge is -2.09. The van der Waals surface area contributed by atoms with Crippen LogP contribution in [-0.2, 0) is 21.3 Å². The summed E-state index contributed by atoms with van der Waals surface area (Å²) >= 11 is 0. The van der Waals surface area contributed by atoms with E-state index < -0.39 is 10.0 Å². The molecular weight excluding hydrogens is 244 g/mol. The number of aromatic nitrogens is 3. The fraction of sp³-hybridized carbons (Fsp3) is 0.778. The molecule has 17 heavy (non-hydrogen) atoms.